The van der Waals surface area contributed by atoms with Gasteiger partial charge >= 0.3 is 0 Å². The third-order valence-electron chi connectivity index (χ3n) is 2.95. The van der Waals surface area contributed by atoms with Crippen LogP contribution in [0.15, 0.2) is 18.2 Å². The molecule has 17 heavy (non-hydrogen) atoms. The normalized spacial score (nSPS) is 14.6. The molecule has 2 unspecified atom stereocenters. The highest BCUT2D eigenvalue weighted by molar-refractivity contribution is 6.35. The van der Waals surface area contributed by atoms with Crippen molar-refractivity contribution in [3.8, 4) is 0 Å². The van der Waals surface area contributed by atoms with Crippen LogP contribution >= 0.6 is 23.2 Å². The molecule has 0 saturated heterocycles. The summed E-state index contributed by atoms with van der Waals surface area (Å²) in [6.07, 6.45) is 3.70. The number of hydrogen-bond donors (Lipinski definition) is 1. The highest BCUT2D eigenvalue weighted by Crippen LogP contribution is 2.26. The first-order chi connectivity index (χ1) is 8.04. The predicted octanol–water partition coefficient (Wildman–Crippen LogP) is 5.22. The van der Waals surface area contributed by atoms with Crippen LogP contribution in [0.25, 0.3) is 0 Å². The number of rotatable bonds is 6. The van der Waals surface area contributed by atoms with Crippen LogP contribution < -0.4 is 5.32 Å². The van der Waals surface area contributed by atoms with Gasteiger partial charge in [0.25, 0.3) is 0 Å². The molecule has 1 nitrogen and oxygen atoms in total. The molecule has 3 heteroatoms. The summed E-state index contributed by atoms with van der Waals surface area (Å²) in [5, 5.41) is 4.99. The monoisotopic (exact) mass is 273 g/mol. The van der Waals surface area contributed by atoms with Crippen LogP contribution in [-0.4, -0.2) is 6.04 Å². The molecule has 0 aromatic heterocycles. The lowest BCUT2D eigenvalue weighted by molar-refractivity contribution is 0.444. The molecule has 0 heterocycles. The standard InChI is InChI=1S/C14H21Cl2N/c1-4-5-6-10(2)17-11(3)13-8-7-12(15)9-14(13)16/h7-11,17H,4-6H2,1-3H3. The van der Waals surface area contributed by atoms with Crippen molar-refractivity contribution in [1.29, 1.82) is 0 Å². The van der Waals surface area contributed by atoms with Gasteiger partial charge in [-0.3, -0.25) is 0 Å². The maximum atomic E-state index is 6.19. The van der Waals surface area contributed by atoms with Crippen molar-refractivity contribution in [2.75, 3.05) is 0 Å². The van der Waals surface area contributed by atoms with E-state index in [1.807, 2.05) is 12.1 Å². The highest BCUT2D eigenvalue weighted by atomic mass is 35.5. The fraction of sp³-hybridized carbons (Fsp3) is 0.571. The molecule has 0 amide bonds. The van der Waals surface area contributed by atoms with Gasteiger partial charge in [-0.25, -0.2) is 0 Å². The van der Waals surface area contributed by atoms with Crippen LogP contribution in [0.3, 0.4) is 0 Å². The van der Waals surface area contributed by atoms with Gasteiger partial charge in [-0.2, -0.15) is 0 Å². The molecule has 1 N–H and O–H groups in total. The van der Waals surface area contributed by atoms with Gasteiger partial charge in [0.05, 0.1) is 0 Å². The Morgan fingerprint density at radius 1 is 1.24 bits per heavy atom. The van der Waals surface area contributed by atoms with Crippen molar-refractivity contribution in [2.24, 2.45) is 0 Å². The molecular formula is C14H21Cl2N. The second kappa shape index (κ2) is 7.25. The Kier molecular flexibility index (Phi) is 6.32. The van der Waals surface area contributed by atoms with E-state index in [2.05, 4.69) is 26.1 Å². The molecule has 1 aromatic carbocycles. The van der Waals surface area contributed by atoms with E-state index in [9.17, 15) is 0 Å². The first kappa shape index (κ1) is 14.8. The predicted molar refractivity (Wildman–Crippen MR) is 77.0 cm³/mol. The zero-order valence-electron chi connectivity index (χ0n) is 10.8. The van der Waals surface area contributed by atoms with E-state index in [-0.39, 0.29) is 6.04 Å². The lowest BCUT2D eigenvalue weighted by Crippen LogP contribution is -2.29. The van der Waals surface area contributed by atoms with Gasteiger partial charge < -0.3 is 5.32 Å². The van der Waals surface area contributed by atoms with Crippen molar-refractivity contribution >= 4 is 23.2 Å². The second-order valence-electron chi connectivity index (χ2n) is 4.60. The summed E-state index contributed by atoms with van der Waals surface area (Å²) in [4.78, 5) is 0. The summed E-state index contributed by atoms with van der Waals surface area (Å²) < 4.78 is 0. The molecule has 96 valence electrons. The molecule has 1 rings (SSSR count). The van der Waals surface area contributed by atoms with Crippen LogP contribution in [0.5, 0.6) is 0 Å². The molecule has 2 atom stereocenters. The van der Waals surface area contributed by atoms with Gasteiger partial charge in [-0.05, 0) is 38.0 Å². The summed E-state index contributed by atoms with van der Waals surface area (Å²) in [5.41, 5.74) is 1.11. The maximum Gasteiger partial charge on any atom is 0.0468 e. The summed E-state index contributed by atoms with van der Waals surface area (Å²) in [6.45, 7) is 6.57. The van der Waals surface area contributed by atoms with E-state index >= 15 is 0 Å². The summed E-state index contributed by atoms with van der Waals surface area (Å²) in [5.74, 6) is 0. The second-order valence-corrected chi connectivity index (χ2v) is 5.44. The molecular weight excluding hydrogens is 253 g/mol. The highest BCUT2D eigenvalue weighted by Gasteiger charge is 2.12. The van der Waals surface area contributed by atoms with E-state index in [0.717, 1.165) is 10.6 Å². The lowest BCUT2D eigenvalue weighted by atomic mass is 10.1. The molecule has 0 radical (unpaired) electrons. The Morgan fingerprint density at radius 3 is 2.53 bits per heavy atom. The molecule has 0 aliphatic carbocycles. The summed E-state index contributed by atoms with van der Waals surface area (Å²) in [6, 6.07) is 6.45. The number of unbranched alkanes of at least 4 members (excludes halogenated alkanes) is 1. The topological polar surface area (TPSA) is 12.0 Å². The molecule has 1 aromatic rings. The molecule has 0 saturated carbocycles. The molecule has 0 fully saturated rings. The SMILES string of the molecule is CCCCC(C)NC(C)c1ccc(Cl)cc1Cl. The van der Waals surface area contributed by atoms with Crippen LogP contribution in [0.2, 0.25) is 10.0 Å². The minimum Gasteiger partial charge on any atom is -0.308 e. The van der Waals surface area contributed by atoms with E-state index in [4.69, 9.17) is 23.2 Å². The number of nitrogens with one attached hydrogen (secondary N) is 1. The first-order valence-electron chi connectivity index (χ1n) is 6.25. The quantitative estimate of drug-likeness (QED) is 0.749. The Morgan fingerprint density at radius 2 is 1.94 bits per heavy atom. The number of benzene rings is 1. The van der Waals surface area contributed by atoms with Crippen molar-refractivity contribution in [3.05, 3.63) is 33.8 Å². The summed E-state index contributed by atoms with van der Waals surface area (Å²) in [7, 11) is 0. The van der Waals surface area contributed by atoms with Crippen molar-refractivity contribution in [1.82, 2.24) is 5.32 Å². The number of halogens is 2. The lowest BCUT2D eigenvalue weighted by Gasteiger charge is -2.21. The minimum absolute atomic E-state index is 0.256. The minimum atomic E-state index is 0.256. The van der Waals surface area contributed by atoms with Crippen molar-refractivity contribution in [3.63, 3.8) is 0 Å². The zero-order valence-corrected chi connectivity index (χ0v) is 12.3. The van der Waals surface area contributed by atoms with Crippen molar-refractivity contribution < 1.29 is 0 Å². The van der Waals surface area contributed by atoms with E-state index in [1.165, 1.54) is 19.3 Å². The van der Waals surface area contributed by atoms with Gasteiger partial charge in [-0.15, -0.1) is 0 Å². The van der Waals surface area contributed by atoms with Crippen LogP contribution in [0.1, 0.15) is 51.6 Å². The number of hydrogen-bond acceptors (Lipinski definition) is 1. The van der Waals surface area contributed by atoms with Gasteiger partial charge in [0.1, 0.15) is 0 Å². The van der Waals surface area contributed by atoms with Gasteiger partial charge in [0.2, 0.25) is 0 Å². The Hall–Kier alpha value is -0.240. The smallest absolute Gasteiger partial charge is 0.0468 e. The van der Waals surface area contributed by atoms with E-state index < -0.39 is 0 Å². The molecule has 0 aliphatic rings. The fourth-order valence-corrected chi connectivity index (χ4v) is 2.54. The summed E-state index contributed by atoms with van der Waals surface area (Å²) >= 11 is 12.1. The maximum absolute atomic E-state index is 6.19. The van der Waals surface area contributed by atoms with E-state index in [1.54, 1.807) is 6.07 Å². The molecule has 0 spiro atoms. The Bertz CT molecular complexity index is 352. The van der Waals surface area contributed by atoms with Crippen LogP contribution in [0, 0.1) is 0 Å². The van der Waals surface area contributed by atoms with E-state index in [0.29, 0.717) is 11.1 Å². The van der Waals surface area contributed by atoms with Crippen molar-refractivity contribution in [2.45, 2.75) is 52.1 Å². The van der Waals surface area contributed by atoms with Gasteiger partial charge in [-0.1, -0.05) is 49.0 Å². The third-order valence-corrected chi connectivity index (χ3v) is 3.52. The van der Waals surface area contributed by atoms with Crippen LogP contribution in [-0.2, 0) is 0 Å². The third kappa shape index (κ3) is 4.87. The average molecular weight is 274 g/mol. The fourth-order valence-electron chi connectivity index (χ4n) is 1.96. The average Bonchev–Trinajstić information content (AvgIpc) is 2.26. The molecule has 0 aliphatic heterocycles. The van der Waals surface area contributed by atoms with Crippen LogP contribution in [0.4, 0.5) is 0 Å². The zero-order chi connectivity index (χ0) is 12.8. The largest absolute Gasteiger partial charge is 0.308 e. The van der Waals surface area contributed by atoms with Gasteiger partial charge in [0, 0.05) is 22.1 Å². The Labute approximate surface area is 115 Å². The first-order valence-corrected chi connectivity index (χ1v) is 7.01. The van der Waals surface area contributed by atoms with Gasteiger partial charge in [0.15, 0.2) is 0 Å². The molecule has 0 bridgehead atoms. The Balaban J connectivity index is 2.60.